The van der Waals surface area contributed by atoms with Crippen LogP contribution in [0.3, 0.4) is 0 Å². The molecule has 3 aromatic rings. The fourth-order valence-corrected chi connectivity index (χ4v) is 4.27. The summed E-state index contributed by atoms with van der Waals surface area (Å²) in [5, 5.41) is 19.8. The lowest BCUT2D eigenvalue weighted by atomic mass is 9.84. The van der Waals surface area contributed by atoms with E-state index in [-0.39, 0.29) is 6.61 Å². The quantitative estimate of drug-likeness (QED) is 0.742. The fourth-order valence-electron chi connectivity index (χ4n) is 3.98. The van der Waals surface area contributed by atoms with Crippen molar-refractivity contribution < 1.29 is 5.11 Å². The number of imidazole rings is 1. The second kappa shape index (κ2) is 6.16. The highest BCUT2D eigenvalue weighted by Gasteiger charge is 2.26. The highest BCUT2D eigenvalue weighted by atomic mass is 31.0. The van der Waals surface area contributed by atoms with Crippen LogP contribution in [0.15, 0.2) is 18.5 Å². The number of aliphatic hydroxyl groups excluding tert-OH is 1. The third-order valence-electron chi connectivity index (χ3n) is 5.17. The molecular formula is C17H20N5OP. The largest absolute Gasteiger partial charge is 0.388 e. The van der Waals surface area contributed by atoms with Crippen LogP contribution in [0.5, 0.6) is 0 Å². The molecule has 3 aromatic heterocycles. The first-order chi connectivity index (χ1) is 11.7. The monoisotopic (exact) mass is 341 g/mol. The maximum absolute atomic E-state index is 9.81. The first kappa shape index (κ1) is 15.6. The van der Waals surface area contributed by atoms with Crippen molar-refractivity contribution in [1.82, 2.24) is 18.9 Å². The van der Waals surface area contributed by atoms with Gasteiger partial charge in [-0.25, -0.2) is 9.97 Å². The van der Waals surface area contributed by atoms with Crippen LogP contribution in [0.2, 0.25) is 0 Å². The number of hydrogen-bond donors (Lipinski definition) is 1. The number of nitriles is 1. The standard InChI is InChI=1S/C17H20N5OP/c18-7-5-11-1-3-12(4-2-11)22-15(10-23)20-14-9-19-17-13(16(14)22)6-8-21(17)24/h6,8-9,11-12,23H,1-5,10,24H2. The molecule has 6 nitrogen and oxygen atoms in total. The van der Waals surface area contributed by atoms with Crippen LogP contribution in [0.4, 0.5) is 0 Å². The third-order valence-corrected chi connectivity index (χ3v) is 5.58. The highest BCUT2D eigenvalue weighted by Crippen LogP contribution is 2.38. The Morgan fingerprint density at radius 1 is 1.33 bits per heavy atom. The number of pyridine rings is 1. The molecule has 124 valence electrons. The molecule has 3 heterocycles. The topological polar surface area (TPSA) is 79.7 Å². The summed E-state index contributed by atoms with van der Waals surface area (Å²) in [6.07, 6.45) is 8.57. The van der Waals surface area contributed by atoms with Gasteiger partial charge in [0.25, 0.3) is 0 Å². The molecule has 0 saturated heterocycles. The van der Waals surface area contributed by atoms with Gasteiger partial charge in [-0.15, -0.1) is 0 Å². The second-order valence-electron chi connectivity index (χ2n) is 6.55. The molecule has 1 unspecified atom stereocenters. The van der Waals surface area contributed by atoms with E-state index < -0.39 is 0 Å². The minimum Gasteiger partial charge on any atom is -0.388 e. The molecule has 0 radical (unpaired) electrons. The van der Waals surface area contributed by atoms with E-state index in [2.05, 4.69) is 36.1 Å². The Labute approximate surface area is 142 Å². The minimum absolute atomic E-state index is 0.0735. The first-order valence-corrected chi connectivity index (χ1v) is 8.84. The second-order valence-corrected chi connectivity index (χ2v) is 7.10. The Morgan fingerprint density at radius 3 is 2.83 bits per heavy atom. The molecule has 1 N–H and O–H groups in total. The molecule has 1 aliphatic carbocycles. The van der Waals surface area contributed by atoms with Gasteiger partial charge < -0.3 is 14.0 Å². The van der Waals surface area contributed by atoms with Crippen LogP contribution in [0.25, 0.3) is 22.1 Å². The van der Waals surface area contributed by atoms with Crippen molar-refractivity contribution in [2.75, 3.05) is 0 Å². The van der Waals surface area contributed by atoms with E-state index in [1.165, 1.54) is 0 Å². The van der Waals surface area contributed by atoms with E-state index in [0.717, 1.165) is 47.8 Å². The molecule has 0 spiro atoms. The summed E-state index contributed by atoms with van der Waals surface area (Å²) in [6.45, 7) is -0.0735. The summed E-state index contributed by atoms with van der Waals surface area (Å²) in [5.41, 5.74) is 2.80. The lowest BCUT2D eigenvalue weighted by Crippen LogP contribution is -2.20. The number of aliphatic hydroxyl groups is 1. The van der Waals surface area contributed by atoms with Gasteiger partial charge in [-0.05, 0) is 47.1 Å². The van der Waals surface area contributed by atoms with Crippen LogP contribution in [0, 0.1) is 17.2 Å². The molecule has 0 amide bonds. The Kier molecular flexibility index (Phi) is 3.99. The fraction of sp³-hybridized carbons (Fsp3) is 0.471. The van der Waals surface area contributed by atoms with Gasteiger partial charge in [0.15, 0.2) is 0 Å². The number of hydrogen-bond acceptors (Lipinski definition) is 4. The van der Waals surface area contributed by atoms with Crippen molar-refractivity contribution >= 4 is 31.5 Å². The van der Waals surface area contributed by atoms with E-state index >= 15 is 0 Å². The van der Waals surface area contributed by atoms with Gasteiger partial charge >= 0.3 is 0 Å². The molecule has 1 fully saturated rings. The van der Waals surface area contributed by atoms with Crippen LogP contribution in [-0.2, 0) is 6.61 Å². The lowest BCUT2D eigenvalue weighted by molar-refractivity contribution is 0.239. The predicted octanol–water partition coefficient (Wildman–Crippen LogP) is 3.16. The van der Waals surface area contributed by atoms with Crippen LogP contribution >= 0.6 is 9.39 Å². The Morgan fingerprint density at radius 2 is 2.12 bits per heavy atom. The van der Waals surface area contributed by atoms with Gasteiger partial charge in [-0.1, -0.05) is 0 Å². The lowest BCUT2D eigenvalue weighted by Gasteiger charge is -2.29. The van der Waals surface area contributed by atoms with Gasteiger partial charge in [0.05, 0.1) is 17.8 Å². The molecular weight excluding hydrogens is 321 g/mol. The van der Waals surface area contributed by atoms with Gasteiger partial charge in [0, 0.05) is 24.0 Å². The highest BCUT2D eigenvalue weighted by molar-refractivity contribution is 7.14. The van der Waals surface area contributed by atoms with Gasteiger partial charge in [-0.2, -0.15) is 5.26 Å². The Balaban J connectivity index is 1.82. The van der Waals surface area contributed by atoms with Crippen molar-refractivity contribution in [3.63, 3.8) is 0 Å². The van der Waals surface area contributed by atoms with Crippen molar-refractivity contribution in [2.24, 2.45) is 5.92 Å². The zero-order valence-electron chi connectivity index (χ0n) is 13.4. The summed E-state index contributed by atoms with van der Waals surface area (Å²) in [4.78, 5) is 9.09. The SMILES string of the molecule is N#CCC1CCC(n2c(CO)nc3cnc4c(ccn4P)c32)CC1. The predicted molar refractivity (Wildman–Crippen MR) is 95.3 cm³/mol. The average molecular weight is 341 g/mol. The molecule has 4 rings (SSSR count). The number of fused-ring (bicyclic) bond motifs is 3. The molecule has 7 heteroatoms. The Hall–Kier alpha value is -1.96. The smallest absolute Gasteiger partial charge is 0.144 e. The maximum Gasteiger partial charge on any atom is 0.144 e. The molecule has 1 atom stereocenters. The molecule has 1 saturated carbocycles. The molecule has 0 aliphatic heterocycles. The zero-order chi connectivity index (χ0) is 16.7. The summed E-state index contributed by atoms with van der Waals surface area (Å²) >= 11 is 0. The summed E-state index contributed by atoms with van der Waals surface area (Å²) in [7, 11) is 2.65. The Bertz CT molecular complexity index is 930. The third kappa shape index (κ3) is 2.40. The minimum atomic E-state index is -0.0735. The van der Waals surface area contributed by atoms with Gasteiger partial charge in [-0.3, -0.25) is 0 Å². The first-order valence-electron chi connectivity index (χ1n) is 8.32. The van der Waals surface area contributed by atoms with E-state index in [0.29, 0.717) is 24.2 Å². The van der Waals surface area contributed by atoms with Crippen molar-refractivity contribution in [2.45, 2.75) is 44.8 Å². The number of nitrogens with zero attached hydrogens (tertiary/aromatic N) is 5. The van der Waals surface area contributed by atoms with Gasteiger partial charge in [0.1, 0.15) is 23.6 Å². The van der Waals surface area contributed by atoms with Crippen molar-refractivity contribution in [1.29, 1.82) is 5.26 Å². The van der Waals surface area contributed by atoms with Crippen molar-refractivity contribution in [3.05, 3.63) is 24.3 Å². The van der Waals surface area contributed by atoms with E-state index in [4.69, 9.17) is 5.26 Å². The summed E-state index contributed by atoms with van der Waals surface area (Å²) < 4.78 is 4.14. The normalized spacial score (nSPS) is 21.4. The van der Waals surface area contributed by atoms with Gasteiger partial charge in [0.2, 0.25) is 0 Å². The van der Waals surface area contributed by atoms with Crippen LogP contribution < -0.4 is 0 Å². The molecule has 1 aliphatic rings. The molecule has 0 bridgehead atoms. The van der Waals surface area contributed by atoms with Crippen LogP contribution in [-0.4, -0.2) is 24.0 Å². The maximum atomic E-state index is 9.81. The summed E-state index contributed by atoms with van der Waals surface area (Å²) in [6, 6.07) is 4.67. The zero-order valence-corrected chi connectivity index (χ0v) is 14.5. The summed E-state index contributed by atoms with van der Waals surface area (Å²) in [5.74, 6) is 1.22. The molecule has 24 heavy (non-hydrogen) atoms. The van der Waals surface area contributed by atoms with E-state index in [9.17, 15) is 5.11 Å². The number of aromatic nitrogens is 4. The van der Waals surface area contributed by atoms with E-state index in [1.807, 2.05) is 10.5 Å². The van der Waals surface area contributed by atoms with E-state index in [1.54, 1.807) is 6.20 Å². The van der Waals surface area contributed by atoms with Crippen molar-refractivity contribution in [3.8, 4) is 6.07 Å². The number of rotatable bonds is 3. The molecule has 0 aromatic carbocycles. The average Bonchev–Trinajstić information content (AvgIpc) is 3.16. The van der Waals surface area contributed by atoms with Crippen LogP contribution in [0.1, 0.15) is 44.0 Å².